The second kappa shape index (κ2) is 7.86. The van der Waals surface area contributed by atoms with E-state index in [0.29, 0.717) is 27.2 Å². The molecule has 0 amide bonds. The number of fused-ring (bicyclic) bond motifs is 2. The standard InChI is InChI=1S/C23H23ClN8S/c24-17-15(5-8-27-19(17)26)33-16-12-28-20-21(29-16)31-22(30-20)32-9-6-23(7-10-32)11-13-3-1-2-4-14(13)18(23)25/h1-5,8,12,18H,6-7,9-11,25H2,(H2,26,27)(H,28,29,30,31)/t18-/m1/s1. The molecule has 1 saturated heterocycles. The Morgan fingerprint density at radius 2 is 1.94 bits per heavy atom. The number of pyridine rings is 1. The quantitative estimate of drug-likeness (QED) is 0.404. The average molecular weight is 479 g/mol. The van der Waals surface area contributed by atoms with Gasteiger partial charge in [0.2, 0.25) is 5.95 Å². The lowest BCUT2D eigenvalue weighted by Gasteiger charge is -2.42. The van der Waals surface area contributed by atoms with Crippen LogP contribution in [0.15, 0.2) is 52.6 Å². The smallest absolute Gasteiger partial charge is 0.206 e. The van der Waals surface area contributed by atoms with Gasteiger partial charge < -0.3 is 21.4 Å². The molecule has 0 radical (unpaired) electrons. The zero-order valence-corrected chi connectivity index (χ0v) is 19.4. The summed E-state index contributed by atoms with van der Waals surface area (Å²) < 4.78 is 0. The number of nitrogens with two attached hydrogens (primary N) is 2. The Balaban J connectivity index is 1.19. The van der Waals surface area contributed by atoms with E-state index in [1.54, 1.807) is 12.4 Å². The van der Waals surface area contributed by atoms with Gasteiger partial charge in [-0.05, 0) is 41.9 Å². The van der Waals surface area contributed by atoms with Gasteiger partial charge in [0, 0.05) is 30.2 Å². The second-order valence-electron chi connectivity index (χ2n) is 8.75. The predicted molar refractivity (Wildman–Crippen MR) is 130 cm³/mol. The molecular formula is C23H23ClN8S. The van der Waals surface area contributed by atoms with E-state index in [4.69, 9.17) is 23.1 Å². The molecule has 1 atom stereocenters. The van der Waals surface area contributed by atoms with E-state index in [1.807, 2.05) is 6.07 Å². The molecular weight excluding hydrogens is 456 g/mol. The lowest BCUT2D eigenvalue weighted by Crippen LogP contribution is -2.44. The van der Waals surface area contributed by atoms with E-state index in [-0.39, 0.29) is 11.5 Å². The fourth-order valence-corrected chi connectivity index (χ4v) is 6.09. The molecule has 5 N–H and O–H groups in total. The molecule has 33 heavy (non-hydrogen) atoms. The normalized spacial score (nSPS) is 19.3. The van der Waals surface area contributed by atoms with Gasteiger partial charge in [0.15, 0.2) is 11.3 Å². The lowest BCUT2D eigenvalue weighted by atomic mass is 9.73. The highest BCUT2D eigenvalue weighted by Gasteiger charge is 2.46. The third kappa shape index (κ3) is 3.51. The van der Waals surface area contributed by atoms with Gasteiger partial charge in [0.1, 0.15) is 10.8 Å². The Morgan fingerprint density at radius 1 is 1.12 bits per heavy atom. The number of H-pyrrole nitrogens is 1. The van der Waals surface area contributed by atoms with Gasteiger partial charge in [-0.25, -0.2) is 15.0 Å². The van der Waals surface area contributed by atoms with Crippen molar-refractivity contribution in [1.29, 1.82) is 0 Å². The number of nitrogen functional groups attached to an aromatic ring is 1. The van der Waals surface area contributed by atoms with Gasteiger partial charge in [0.05, 0.1) is 11.2 Å². The Morgan fingerprint density at radius 3 is 2.76 bits per heavy atom. The van der Waals surface area contributed by atoms with Crippen LogP contribution in [-0.4, -0.2) is 38.0 Å². The van der Waals surface area contributed by atoms with E-state index in [2.05, 4.69) is 54.1 Å². The van der Waals surface area contributed by atoms with Crippen molar-refractivity contribution in [3.8, 4) is 0 Å². The van der Waals surface area contributed by atoms with Gasteiger partial charge in [-0.1, -0.05) is 47.6 Å². The van der Waals surface area contributed by atoms with Crippen molar-refractivity contribution >= 4 is 46.4 Å². The first kappa shape index (κ1) is 20.7. The summed E-state index contributed by atoms with van der Waals surface area (Å²) >= 11 is 7.66. The molecule has 0 saturated carbocycles. The fraction of sp³-hybridized carbons (Fsp3) is 0.304. The van der Waals surface area contributed by atoms with Crippen LogP contribution in [0.2, 0.25) is 5.02 Å². The van der Waals surface area contributed by atoms with Crippen LogP contribution in [0.25, 0.3) is 11.3 Å². The number of hydrogen-bond donors (Lipinski definition) is 3. The maximum atomic E-state index is 6.72. The topological polar surface area (TPSA) is 123 Å². The number of nitrogens with one attached hydrogen (secondary N) is 1. The molecule has 168 valence electrons. The molecule has 0 bridgehead atoms. The second-order valence-corrected chi connectivity index (χ2v) is 10.2. The van der Waals surface area contributed by atoms with Crippen molar-refractivity contribution in [3.63, 3.8) is 0 Å². The molecule has 1 fully saturated rings. The van der Waals surface area contributed by atoms with Crippen molar-refractivity contribution in [2.24, 2.45) is 11.1 Å². The van der Waals surface area contributed by atoms with Crippen LogP contribution in [0, 0.1) is 5.41 Å². The Labute approximate surface area is 200 Å². The van der Waals surface area contributed by atoms with Crippen molar-refractivity contribution in [2.75, 3.05) is 23.7 Å². The first-order chi connectivity index (χ1) is 16.0. The van der Waals surface area contributed by atoms with Crippen LogP contribution >= 0.6 is 23.4 Å². The number of hydrogen-bond acceptors (Lipinski definition) is 8. The minimum Gasteiger partial charge on any atom is -0.382 e. The van der Waals surface area contributed by atoms with Crippen LogP contribution < -0.4 is 16.4 Å². The number of halogens is 1. The molecule has 0 unspecified atom stereocenters. The number of anilines is 2. The summed E-state index contributed by atoms with van der Waals surface area (Å²) in [4.78, 5) is 24.3. The molecule has 8 nitrogen and oxygen atoms in total. The van der Waals surface area contributed by atoms with Crippen LogP contribution in [0.3, 0.4) is 0 Å². The summed E-state index contributed by atoms with van der Waals surface area (Å²) in [5, 5.41) is 1.13. The van der Waals surface area contributed by atoms with E-state index in [0.717, 1.165) is 43.2 Å². The molecule has 4 heterocycles. The third-order valence-corrected chi connectivity index (χ3v) is 8.39. The van der Waals surface area contributed by atoms with E-state index >= 15 is 0 Å². The Hall–Kier alpha value is -2.88. The number of rotatable bonds is 3. The first-order valence-corrected chi connectivity index (χ1v) is 12.1. The minimum absolute atomic E-state index is 0.100. The summed E-state index contributed by atoms with van der Waals surface area (Å²) in [6.45, 7) is 1.80. The third-order valence-electron chi connectivity index (χ3n) is 6.92. The van der Waals surface area contributed by atoms with Gasteiger partial charge in [-0.2, -0.15) is 4.98 Å². The van der Waals surface area contributed by atoms with Gasteiger partial charge in [-0.3, -0.25) is 0 Å². The van der Waals surface area contributed by atoms with Crippen molar-refractivity contribution in [3.05, 3.63) is 58.9 Å². The molecule has 1 aromatic carbocycles. The SMILES string of the molecule is Nc1nccc(Sc2cnc3nc(N4CCC5(CC4)Cc4ccccc4[C@H]5N)[nH]c3n2)c1Cl. The largest absolute Gasteiger partial charge is 0.382 e. The zero-order valence-electron chi connectivity index (χ0n) is 17.8. The number of benzene rings is 1. The summed E-state index contributed by atoms with van der Waals surface area (Å²) in [7, 11) is 0. The molecule has 3 aromatic heterocycles. The predicted octanol–water partition coefficient (Wildman–Crippen LogP) is 3.98. The van der Waals surface area contributed by atoms with Gasteiger partial charge in [-0.15, -0.1) is 0 Å². The molecule has 4 aromatic rings. The van der Waals surface area contributed by atoms with Crippen LogP contribution in [0.5, 0.6) is 0 Å². The number of nitrogens with zero attached hydrogens (tertiary/aromatic N) is 5. The first-order valence-electron chi connectivity index (χ1n) is 10.9. The maximum absolute atomic E-state index is 6.72. The number of piperidine rings is 1. The van der Waals surface area contributed by atoms with Crippen molar-refractivity contribution < 1.29 is 0 Å². The monoisotopic (exact) mass is 478 g/mol. The highest BCUT2D eigenvalue weighted by molar-refractivity contribution is 7.99. The summed E-state index contributed by atoms with van der Waals surface area (Å²) in [6.07, 6.45) is 6.45. The zero-order chi connectivity index (χ0) is 22.6. The minimum atomic E-state index is 0.100. The van der Waals surface area contributed by atoms with Crippen LogP contribution in [0.1, 0.15) is 30.0 Å². The molecule has 1 aliphatic heterocycles. The van der Waals surface area contributed by atoms with Crippen LogP contribution in [-0.2, 0) is 6.42 Å². The molecule has 6 rings (SSSR count). The summed E-state index contributed by atoms with van der Waals surface area (Å²) in [5.74, 6) is 1.10. The van der Waals surface area contributed by atoms with E-state index in [9.17, 15) is 0 Å². The van der Waals surface area contributed by atoms with Crippen molar-refractivity contribution in [1.82, 2.24) is 24.9 Å². The summed E-state index contributed by atoms with van der Waals surface area (Å²) in [6, 6.07) is 10.5. The molecule has 1 spiro atoms. The fourth-order valence-electron chi connectivity index (χ4n) is 5.07. The van der Waals surface area contributed by atoms with E-state index in [1.165, 1.54) is 22.9 Å². The maximum Gasteiger partial charge on any atom is 0.206 e. The van der Waals surface area contributed by atoms with Crippen LogP contribution in [0.4, 0.5) is 11.8 Å². The highest BCUT2D eigenvalue weighted by Crippen LogP contribution is 2.50. The molecule has 10 heteroatoms. The summed E-state index contributed by atoms with van der Waals surface area (Å²) in [5.41, 5.74) is 16.6. The highest BCUT2D eigenvalue weighted by atomic mass is 35.5. The van der Waals surface area contributed by atoms with E-state index < -0.39 is 0 Å². The van der Waals surface area contributed by atoms with Gasteiger partial charge in [0.25, 0.3) is 0 Å². The lowest BCUT2D eigenvalue weighted by molar-refractivity contribution is 0.187. The number of imidazole rings is 1. The Bertz CT molecular complexity index is 1350. The Kier molecular flexibility index (Phi) is 4.93. The molecule has 2 aliphatic rings. The number of aromatic nitrogens is 5. The average Bonchev–Trinajstić information content (AvgIpc) is 3.37. The van der Waals surface area contributed by atoms with Gasteiger partial charge >= 0.3 is 0 Å². The van der Waals surface area contributed by atoms with Crippen molar-refractivity contribution in [2.45, 2.75) is 35.2 Å². The molecule has 1 aliphatic carbocycles. The number of aromatic amines is 1.